The molecule has 0 unspecified atom stereocenters. The van der Waals surface area contributed by atoms with Gasteiger partial charge in [-0.15, -0.1) is 0 Å². The van der Waals surface area contributed by atoms with Crippen LogP contribution in [0, 0.1) is 17.5 Å². The Hall–Kier alpha value is -2.83. The van der Waals surface area contributed by atoms with Crippen LogP contribution in [-0.4, -0.2) is 11.9 Å². The Bertz CT molecular complexity index is 684. The number of benzene rings is 2. The first kappa shape index (κ1) is 14.6. The van der Waals surface area contributed by atoms with E-state index in [9.17, 15) is 22.8 Å². The molecule has 0 bridgehead atoms. The Morgan fingerprint density at radius 1 is 0.810 bits per heavy atom. The number of nitrogens with one attached hydrogen (secondary N) is 2. The van der Waals surface area contributed by atoms with E-state index in [-0.39, 0.29) is 5.69 Å². The number of hydrogen-bond donors (Lipinski definition) is 2. The second kappa shape index (κ2) is 6.08. The maximum Gasteiger partial charge on any atom is 0.326 e. The average Bonchev–Trinajstić information content (AvgIpc) is 2.41. The molecule has 0 heterocycles. The lowest BCUT2D eigenvalue weighted by atomic mass is 10.2. The van der Waals surface area contributed by atoms with Crippen molar-refractivity contribution in [2.75, 3.05) is 5.32 Å². The van der Waals surface area contributed by atoms with Gasteiger partial charge in [0.25, 0.3) is 5.91 Å². The largest absolute Gasteiger partial charge is 0.326 e. The van der Waals surface area contributed by atoms with Crippen molar-refractivity contribution in [1.82, 2.24) is 5.32 Å². The van der Waals surface area contributed by atoms with Crippen LogP contribution in [0.15, 0.2) is 42.5 Å². The first-order valence-corrected chi connectivity index (χ1v) is 5.80. The third kappa shape index (κ3) is 3.38. The van der Waals surface area contributed by atoms with Crippen LogP contribution in [0.2, 0.25) is 0 Å². The zero-order valence-corrected chi connectivity index (χ0v) is 10.5. The average molecular weight is 294 g/mol. The van der Waals surface area contributed by atoms with E-state index >= 15 is 0 Å². The smallest absolute Gasteiger partial charge is 0.305 e. The molecule has 0 fully saturated rings. The Morgan fingerprint density at radius 2 is 1.38 bits per heavy atom. The van der Waals surface area contributed by atoms with E-state index in [1.54, 1.807) is 5.32 Å². The number of anilines is 1. The fourth-order valence-corrected chi connectivity index (χ4v) is 1.60. The van der Waals surface area contributed by atoms with Gasteiger partial charge in [0.2, 0.25) is 0 Å². The zero-order chi connectivity index (χ0) is 15.4. The molecule has 2 aromatic rings. The molecule has 0 saturated carbocycles. The van der Waals surface area contributed by atoms with Crippen molar-refractivity contribution in [3.8, 4) is 0 Å². The second-order valence-corrected chi connectivity index (χ2v) is 3.98. The third-order valence-corrected chi connectivity index (χ3v) is 2.54. The summed E-state index contributed by atoms with van der Waals surface area (Å²) in [5.41, 5.74) is -1.06. The number of rotatable bonds is 2. The number of halogens is 3. The summed E-state index contributed by atoms with van der Waals surface area (Å²) >= 11 is 0. The molecule has 0 saturated heterocycles. The topological polar surface area (TPSA) is 58.2 Å². The number of imide groups is 1. The molecule has 2 aromatic carbocycles. The summed E-state index contributed by atoms with van der Waals surface area (Å²) in [5, 5.41) is 3.78. The van der Waals surface area contributed by atoms with E-state index in [0.29, 0.717) is 0 Å². The van der Waals surface area contributed by atoms with Crippen molar-refractivity contribution in [2.45, 2.75) is 0 Å². The van der Waals surface area contributed by atoms with Gasteiger partial charge in [-0.2, -0.15) is 0 Å². The van der Waals surface area contributed by atoms with Crippen LogP contribution in [0.1, 0.15) is 10.4 Å². The molecular weight excluding hydrogens is 285 g/mol. The fraction of sp³-hybridized carbons (Fsp3) is 0. The maximum absolute atomic E-state index is 13.3. The molecule has 7 heteroatoms. The minimum atomic E-state index is -1.26. The van der Waals surface area contributed by atoms with Gasteiger partial charge < -0.3 is 5.32 Å². The van der Waals surface area contributed by atoms with E-state index in [2.05, 4.69) is 5.32 Å². The van der Waals surface area contributed by atoms with Crippen LogP contribution in [0.5, 0.6) is 0 Å². The van der Waals surface area contributed by atoms with Crippen molar-refractivity contribution >= 4 is 17.6 Å². The molecule has 2 N–H and O–H groups in total. The highest BCUT2D eigenvalue weighted by Gasteiger charge is 2.19. The fourth-order valence-electron chi connectivity index (χ4n) is 1.60. The number of carbonyl (C=O) groups is 2. The predicted octanol–water partition coefficient (Wildman–Crippen LogP) is 3.07. The Kier molecular flexibility index (Phi) is 4.22. The molecule has 108 valence electrons. The zero-order valence-electron chi connectivity index (χ0n) is 10.5. The molecular formula is C14H9F3N2O2. The summed E-state index contributed by atoms with van der Waals surface area (Å²) in [4.78, 5) is 23.1. The van der Waals surface area contributed by atoms with Gasteiger partial charge >= 0.3 is 6.03 Å². The predicted molar refractivity (Wildman–Crippen MR) is 69.2 cm³/mol. The van der Waals surface area contributed by atoms with Gasteiger partial charge in [-0.25, -0.2) is 18.0 Å². The van der Waals surface area contributed by atoms with Crippen LogP contribution in [0.4, 0.5) is 23.7 Å². The van der Waals surface area contributed by atoms with Gasteiger partial charge in [0.1, 0.15) is 23.0 Å². The lowest BCUT2D eigenvalue weighted by Crippen LogP contribution is -2.35. The standard InChI is InChI=1S/C14H9F3N2O2/c15-8-4-1-2-7-11(8)18-14(21)19-13(20)12-9(16)5-3-6-10(12)17/h1-7H,(H2,18,19,20,21). The molecule has 0 atom stereocenters. The monoisotopic (exact) mass is 294 g/mol. The molecule has 4 nitrogen and oxygen atoms in total. The Balaban J connectivity index is 2.10. The normalized spacial score (nSPS) is 10.0. The molecule has 0 spiro atoms. The van der Waals surface area contributed by atoms with Crippen LogP contribution >= 0.6 is 0 Å². The molecule has 0 aliphatic carbocycles. The van der Waals surface area contributed by atoms with Gasteiger partial charge in [0.05, 0.1) is 5.69 Å². The molecule has 2 rings (SSSR count). The highest BCUT2D eigenvalue weighted by molar-refractivity contribution is 6.08. The number of carbonyl (C=O) groups excluding carboxylic acids is 2. The summed E-state index contributed by atoms with van der Waals surface area (Å²) in [5.74, 6) is -4.19. The van der Waals surface area contributed by atoms with Gasteiger partial charge in [0.15, 0.2) is 0 Å². The summed E-state index contributed by atoms with van der Waals surface area (Å²) in [7, 11) is 0. The molecule has 0 aliphatic heterocycles. The van der Waals surface area contributed by atoms with E-state index in [1.807, 2.05) is 0 Å². The van der Waals surface area contributed by atoms with Gasteiger partial charge in [-0.1, -0.05) is 18.2 Å². The second-order valence-electron chi connectivity index (χ2n) is 3.98. The summed E-state index contributed by atoms with van der Waals surface area (Å²) in [6.07, 6.45) is 0. The van der Waals surface area contributed by atoms with Crippen LogP contribution in [0.3, 0.4) is 0 Å². The number of hydrogen-bond acceptors (Lipinski definition) is 2. The van der Waals surface area contributed by atoms with Crippen molar-refractivity contribution in [2.24, 2.45) is 0 Å². The maximum atomic E-state index is 13.3. The van der Waals surface area contributed by atoms with Crippen LogP contribution < -0.4 is 10.6 Å². The van der Waals surface area contributed by atoms with Gasteiger partial charge in [0, 0.05) is 0 Å². The summed E-state index contributed by atoms with van der Waals surface area (Å²) in [6.45, 7) is 0. The van der Waals surface area contributed by atoms with Crippen molar-refractivity contribution in [1.29, 1.82) is 0 Å². The molecule has 0 radical (unpaired) electrons. The Labute approximate surface area is 117 Å². The van der Waals surface area contributed by atoms with Crippen molar-refractivity contribution in [3.05, 3.63) is 65.5 Å². The van der Waals surface area contributed by atoms with Crippen molar-refractivity contribution in [3.63, 3.8) is 0 Å². The van der Waals surface area contributed by atoms with Crippen LogP contribution in [-0.2, 0) is 0 Å². The van der Waals surface area contributed by atoms with E-state index in [4.69, 9.17) is 0 Å². The number of para-hydroxylation sites is 1. The molecule has 0 aliphatic rings. The van der Waals surface area contributed by atoms with Gasteiger partial charge in [-0.3, -0.25) is 10.1 Å². The van der Waals surface area contributed by atoms with Gasteiger partial charge in [-0.05, 0) is 24.3 Å². The molecule has 0 aromatic heterocycles. The minimum Gasteiger partial charge on any atom is -0.305 e. The quantitative estimate of drug-likeness (QED) is 0.894. The van der Waals surface area contributed by atoms with E-state index in [1.165, 1.54) is 18.2 Å². The summed E-state index contributed by atoms with van der Waals surface area (Å²) < 4.78 is 40.0. The van der Waals surface area contributed by atoms with E-state index < -0.39 is 35.0 Å². The van der Waals surface area contributed by atoms with Crippen molar-refractivity contribution < 1.29 is 22.8 Å². The molecule has 3 amide bonds. The number of urea groups is 1. The lowest BCUT2D eigenvalue weighted by Gasteiger charge is -2.08. The van der Waals surface area contributed by atoms with Crippen LogP contribution in [0.25, 0.3) is 0 Å². The lowest BCUT2D eigenvalue weighted by molar-refractivity contribution is 0.0959. The minimum absolute atomic E-state index is 0.170. The SMILES string of the molecule is O=C(NC(=O)c1c(F)cccc1F)Nc1ccccc1F. The third-order valence-electron chi connectivity index (χ3n) is 2.54. The number of amides is 3. The first-order valence-electron chi connectivity index (χ1n) is 5.80. The summed E-state index contributed by atoms with van der Waals surface area (Å²) in [6, 6.07) is 7.00. The molecule has 21 heavy (non-hydrogen) atoms. The van der Waals surface area contributed by atoms with E-state index in [0.717, 1.165) is 24.3 Å². The highest BCUT2D eigenvalue weighted by atomic mass is 19.1. The Morgan fingerprint density at radius 3 is 2.00 bits per heavy atom. The first-order chi connectivity index (χ1) is 9.99. The highest BCUT2D eigenvalue weighted by Crippen LogP contribution is 2.13.